The van der Waals surface area contributed by atoms with E-state index in [0.29, 0.717) is 0 Å². The summed E-state index contributed by atoms with van der Waals surface area (Å²) in [6, 6.07) is 9.77. The van der Waals surface area contributed by atoms with Gasteiger partial charge in [-0.1, -0.05) is 29.8 Å². The third-order valence-electron chi connectivity index (χ3n) is 2.43. The lowest BCUT2D eigenvalue weighted by molar-refractivity contribution is 0.772. The van der Waals surface area contributed by atoms with Gasteiger partial charge in [-0.3, -0.25) is 5.10 Å². The fraction of sp³-hybridized carbons (Fsp3) is 0.250. The number of H-pyrrole nitrogens is 1. The maximum Gasteiger partial charge on any atom is 0.0938 e. The molecule has 0 saturated heterocycles. The smallest absolute Gasteiger partial charge is 0.0938 e. The van der Waals surface area contributed by atoms with Gasteiger partial charge in [0.05, 0.1) is 10.7 Å². The van der Waals surface area contributed by atoms with Crippen LogP contribution in [0.25, 0.3) is 11.3 Å². The van der Waals surface area contributed by atoms with Gasteiger partial charge in [-0.15, -0.1) is 0 Å². The summed E-state index contributed by atoms with van der Waals surface area (Å²) >= 11 is 6.11. The average molecular weight is 236 g/mol. The molecule has 0 spiro atoms. The van der Waals surface area contributed by atoms with E-state index in [1.54, 1.807) is 0 Å². The lowest BCUT2D eigenvalue weighted by atomic mass is 10.1. The molecule has 1 aromatic heterocycles. The second-order valence-corrected chi connectivity index (χ2v) is 4.02. The number of halogens is 1. The minimum atomic E-state index is 0.731. The van der Waals surface area contributed by atoms with Gasteiger partial charge in [0.2, 0.25) is 0 Å². The van der Waals surface area contributed by atoms with Crippen molar-refractivity contribution in [2.75, 3.05) is 13.6 Å². The molecule has 0 aliphatic carbocycles. The summed E-state index contributed by atoms with van der Waals surface area (Å²) in [6.45, 7) is 0.935. The highest BCUT2D eigenvalue weighted by Crippen LogP contribution is 2.26. The number of aromatic amines is 1. The van der Waals surface area contributed by atoms with Crippen LogP contribution in [0.1, 0.15) is 5.69 Å². The summed E-state index contributed by atoms with van der Waals surface area (Å²) < 4.78 is 0. The van der Waals surface area contributed by atoms with Gasteiger partial charge in [0.15, 0.2) is 0 Å². The zero-order valence-corrected chi connectivity index (χ0v) is 9.88. The molecule has 0 radical (unpaired) electrons. The second-order valence-electron chi connectivity index (χ2n) is 3.61. The molecule has 0 amide bonds. The number of benzene rings is 1. The van der Waals surface area contributed by atoms with Crippen molar-refractivity contribution in [2.24, 2.45) is 0 Å². The monoisotopic (exact) mass is 235 g/mol. The molecule has 0 aliphatic rings. The van der Waals surface area contributed by atoms with E-state index in [0.717, 1.165) is 34.9 Å². The van der Waals surface area contributed by atoms with Crippen LogP contribution in [-0.4, -0.2) is 23.8 Å². The summed E-state index contributed by atoms with van der Waals surface area (Å²) in [5, 5.41) is 11.1. The normalized spacial score (nSPS) is 10.6. The van der Waals surface area contributed by atoms with E-state index in [1.165, 1.54) is 0 Å². The molecule has 0 atom stereocenters. The van der Waals surface area contributed by atoms with Gasteiger partial charge in [-0.2, -0.15) is 5.10 Å². The predicted molar refractivity (Wildman–Crippen MR) is 66.7 cm³/mol. The Morgan fingerprint density at radius 2 is 2.19 bits per heavy atom. The SMILES string of the molecule is CNCCc1cc(-c2ccccc2Cl)n[nH]1. The van der Waals surface area contributed by atoms with Gasteiger partial charge in [0.1, 0.15) is 0 Å². The van der Waals surface area contributed by atoms with E-state index in [-0.39, 0.29) is 0 Å². The molecule has 0 fully saturated rings. The Kier molecular flexibility index (Phi) is 3.59. The minimum absolute atomic E-state index is 0.731. The quantitative estimate of drug-likeness (QED) is 0.855. The zero-order chi connectivity index (χ0) is 11.4. The minimum Gasteiger partial charge on any atom is -0.319 e. The molecule has 3 nitrogen and oxygen atoms in total. The van der Waals surface area contributed by atoms with Crippen molar-refractivity contribution in [3.05, 3.63) is 41.0 Å². The fourth-order valence-electron chi connectivity index (χ4n) is 1.56. The van der Waals surface area contributed by atoms with Crippen molar-refractivity contribution in [1.29, 1.82) is 0 Å². The van der Waals surface area contributed by atoms with Gasteiger partial charge in [0, 0.05) is 24.2 Å². The van der Waals surface area contributed by atoms with E-state index in [4.69, 9.17) is 11.6 Å². The first-order chi connectivity index (χ1) is 7.81. The molecule has 4 heteroatoms. The van der Waals surface area contributed by atoms with Gasteiger partial charge in [-0.05, 0) is 19.2 Å². The van der Waals surface area contributed by atoms with Crippen molar-refractivity contribution in [1.82, 2.24) is 15.5 Å². The Morgan fingerprint density at radius 1 is 1.38 bits per heavy atom. The Bertz CT molecular complexity index is 465. The topological polar surface area (TPSA) is 40.7 Å². The Balaban J connectivity index is 2.22. The average Bonchev–Trinajstić information content (AvgIpc) is 2.75. The summed E-state index contributed by atoms with van der Waals surface area (Å²) in [5.41, 5.74) is 2.98. The summed E-state index contributed by atoms with van der Waals surface area (Å²) in [7, 11) is 1.94. The van der Waals surface area contributed by atoms with Gasteiger partial charge < -0.3 is 5.32 Å². The number of nitrogens with one attached hydrogen (secondary N) is 2. The fourth-order valence-corrected chi connectivity index (χ4v) is 1.79. The molecule has 16 heavy (non-hydrogen) atoms. The second kappa shape index (κ2) is 5.14. The van der Waals surface area contributed by atoms with Gasteiger partial charge in [0.25, 0.3) is 0 Å². The molecule has 1 heterocycles. The van der Waals surface area contributed by atoms with Crippen molar-refractivity contribution < 1.29 is 0 Å². The molecule has 2 rings (SSSR count). The number of likely N-dealkylation sites (N-methyl/N-ethyl adjacent to an activating group) is 1. The molecule has 0 saturated carbocycles. The van der Waals surface area contributed by atoms with Crippen LogP contribution >= 0.6 is 11.6 Å². The van der Waals surface area contributed by atoms with E-state index in [2.05, 4.69) is 15.5 Å². The highest BCUT2D eigenvalue weighted by atomic mass is 35.5. The number of nitrogens with zero attached hydrogens (tertiary/aromatic N) is 1. The molecule has 2 aromatic rings. The molecule has 0 unspecified atom stereocenters. The van der Waals surface area contributed by atoms with Crippen LogP contribution in [0.4, 0.5) is 0 Å². The molecule has 1 aromatic carbocycles. The third-order valence-corrected chi connectivity index (χ3v) is 2.75. The highest BCUT2D eigenvalue weighted by molar-refractivity contribution is 6.33. The first-order valence-corrected chi connectivity index (χ1v) is 5.63. The lowest BCUT2D eigenvalue weighted by Crippen LogP contribution is -2.10. The first kappa shape index (κ1) is 11.2. The summed E-state index contributed by atoms with van der Waals surface area (Å²) in [6.07, 6.45) is 0.938. The van der Waals surface area contributed by atoms with E-state index >= 15 is 0 Å². The largest absolute Gasteiger partial charge is 0.319 e. The Labute approximate surface area is 99.8 Å². The Morgan fingerprint density at radius 3 is 2.94 bits per heavy atom. The highest BCUT2D eigenvalue weighted by Gasteiger charge is 2.06. The van der Waals surface area contributed by atoms with Gasteiger partial charge >= 0.3 is 0 Å². The molecule has 2 N–H and O–H groups in total. The first-order valence-electron chi connectivity index (χ1n) is 5.25. The zero-order valence-electron chi connectivity index (χ0n) is 9.13. The molecule has 84 valence electrons. The standard InChI is InChI=1S/C12H14ClN3/c1-14-7-6-9-8-12(16-15-9)10-4-2-3-5-11(10)13/h2-5,8,14H,6-7H2,1H3,(H,15,16). The maximum absolute atomic E-state index is 6.11. The van der Waals surface area contributed by atoms with Crippen molar-refractivity contribution in [3.8, 4) is 11.3 Å². The number of aromatic nitrogens is 2. The van der Waals surface area contributed by atoms with Crippen LogP contribution in [0.15, 0.2) is 30.3 Å². The van der Waals surface area contributed by atoms with Crippen LogP contribution in [0, 0.1) is 0 Å². The maximum atomic E-state index is 6.11. The van der Waals surface area contributed by atoms with Crippen molar-refractivity contribution >= 4 is 11.6 Å². The van der Waals surface area contributed by atoms with Crippen LogP contribution in [0.2, 0.25) is 5.02 Å². The number of rotatable bonds is 4. The summed E-state index contributed by atoms with van der Waals surface area (Å²) in [4.78, 5) is 0. The van der Waals surface area contributed by atoms with Crippen LogP contribution in [0.3, 0.4) is 0 Å². The molecule has 0 bridgehead atoms. The van der Waals surface area contributed by atoms with Gasteiger partial charge in [-0.25, -0.2) is 0 Å². The Hall–Kier alpha value is -1.32. The molecular formula is C12H14ClN3. The number of hydrogen-bond acceptors (Lipinski definition) is 2. The summed E-state index contributed by atoms with van der Waals surface area (Å²) in [5.74, 6) is 0. The third kappa shape index (κ3) is 2.43. The predicted octanol–water partition coefficient (Wildman–Crippen LogP) is 2.49. The van der Waals surface area contributed by atoms with E-state index in [9.17, 15) is 0 Å². The van der Waals surface area contributed by atoms with E-state index in [1.807, 2.05) is 37.4 Å². The van der Waals surface area contributed by atoms with Crippen LogP contribution in [-0.2, 0) is 6.42 Å². The van der Waals surface area contributed by atoms with Crippen LogP contribution < -0.4 is 5.32 Å². The van der Waals surface area contributed by atoms with Crippen molar-refractivity contribution in [2.45, 2.75) is 6.42 Å². The van der Waals surface area contributed by atoms with E-state index < -0.39 is 0 Å². The van der Waals surface area contributed by atoms with Crippen molar-refractivity contribution in [3.63, 3.8) is 0 Å². The lowest BCUT2D eigenvalue weighted by Gasteiger charge is -1.98. The molecule has 0 aliphatic heterocycles. The number of hydrogen-bond donors (Lipinski definition) is 2. The van der Waals surface area contributed by atoms with Crippen LogP contribution in [0.5, 0.6) is 0 Å². The molecular weight excluding hydrogens is 222 g/mol.